The van der Waals surface area contributed by atoms with E-state index in [1.165, 1.54) is 12.3 Å². The second-order valence-corrected chi connectivity index (χ2v) is 8.70. The number of hydrogen-bond donors (Lipinski definition) is 1. The number of nitrogens with zero attached hydrogens (tertiary/aromatic N) is 1. The number of pyridine rings is 1. The molecule has 1 aromatic rings. The molecule has 1 heterocycles. The normalized spacial score (nSPS) is 12.2. The topological polar surface area (TPSA) is 76.1 Å². The highest BCUT2D eigenvalue weighted by Gasteiger charge is 2.18. The first-order chi connectivity index (χ1) is 9.49. The number of carbonyl (C=O) groups excluding carboxylic acids is 1. The summed E-state index contributed by atoms with van der Waals surface area (Å²) in [5, 5.41) is 2.95. The molecular formula is C14H21ClN2O3S. The van der Waals surface area contributed by atoms with Crippen LogP contribution in [0.25, 0.3) is 0 Å². The fourth-order valence-electron chi connectivity index (χ4n) is 1.65. The minimum atomic E-state index is -3.00. The van der Waals surface area contributed by atoms with Crippen LogP contribution < -0.4 is 5.32 Å². The summed E-state index contributed by atoms with van der Waals surface area (Å²) in [6.45, 7) is 6.26. The van der Waals surface area contributed by atoms with Gasteiger partial charge in [-0.25, -0.2) is 13.4 Å². The Balaban J connectivity index is 2.73. The highest BCUT2D eigenvalue weighted by atomic mass is 35.5. The van der Waals surface area contributed by atoms with Gasteiger partial charge in [0.05, 0.1) is 5.75 Å². The van der Waals surface area contributed by atoms with Crippen LogP contribution in [0.3, 0.4) is 0 Å². The largest absolute Gasteiger partial charge is 0.352 e. The Morgan fingerprint density at radius 1 is 1.33 bits per heavy atom. The predicted octanol–water partition coefficient (Wildman–Crippen LogP) is 2.20. The number of aromatic nitrogens is 1. The Hall–Kier alpha value is -1.14. The van der Waals surface area contributed by atoms with Crippen LogP contribution in [-0.2, 0) is 15.3 Å². The SMILES string of the molecule is CC(C)(C)c1cc(C(=O)NCCCS(C)(=O)=O)cc(Cl)n1. The summed E-state index contributed by atoms with van der Waals surface area (Å²) < 4.78 is 22.0. The molecule has 0 bridgehead atoms. The Labute approximate surface area is 131 Å². The van der Waals surface area contributed by atoms with Crippen LogP contribution in [0.4, 0.5) is 0 Å². The number of halogens is 1. The molecule has 0 spiro atoms. The number of carbonyl (C=O) groups is 1. The smallest absolute Gasteiger partial charge is 0.251 e. The van der Waals surface area contributed by atoms with E-state index in [4.69, 9.17) is 11.6 Å². The zero-order valence-corrected chi connectivity index (χ0v) is 14.3. The molecule has 1 N–H and O–H groups in total. The van der Waals surface area contributed by atoms with E-state index in [1.807, 2.05) is 20.8 Å². The quantitative estimate of drug-likeness (QED) is 0.662. The van der Waals surface area contributed by atoms with Gasteiger partial charge < -0.3 is 5.32 Å². The fraction of sp³-hybridized carbons (Fsp3) is 0.571. The number of amides is 1. The van der Waals surface area contributed by atoms with Crippen molar-refractivity contribution in [3.8, 4) is 0 Å². The summed E-state index contributed by atoms with van der Waals surface area (Å²) in [5.41, 5.74) is 0.950. The molecule has 0 aliphatic rings. The first-order valence-corrected chi connectivity index (χ1v) is 9.07. The molecule has 1 aromatic heterocycles. The second kappa shape index (κ2) is 6.75. The highest BCUT2D eigenvalue weighted by Crippen LogP contribution is 2.23. The van der Waals surface area contributed by atoms with E-state index in [9.17, 15) is 13.2 Å². The monoisotopic (exact) mass is 332 g/mol. The summed E-state index contributed by atoms with van der Waals surface area (Å²) in [7, 11) is -3.00. The number of nitrogens with one attached hydrogen (secondary N) is 1. The Morgan fingerprint density at radius 3 is 2.48 bits per heavy atom. The van der Waals surface area contributed by atoms with Gasteiger partial charge in [-0.05, 0) is 18.6 Å². The maximum Gasteiger partial charge on any atom is 0.251 e. The standard InChI is InChI=1S/C14H21ClN2O3S/c1-14(2,3)11-8-10(9-12(15)17-11)13(18)16-6-5-7-21(4,19)20/h8-9H,5-7H2,1-4H3,(H,16,18). The lowest BCUT2D eigenvalue weighted by molar-refractivity contribution is 0.0953. The van der Waals surface area contributed by atoms with Crippen molar-refractivity contribution in [2.45, 2.75) is 32.6 Å². The summed E-state index contributed by atoms with van der Waals surface area (Å²) >= 11 is 5.95. The molecule has 7 heteroatoms. The molecule has 0 aliphatic heterocycles. The number of hydrogen-bond acceptors (Lipinski definition) is 4. The van der Waals surface area contributed by atoms with Gasteiger partial charge in [0.25, 0.3) is 5.91 Å². The zero-order valence-electron chi connectivity index (χ0n) is 12.7. The van der Waals surface area contributed by atoms with Gasteiger partial charge in [-0.3, -0.25) is 4.79 Å². The highest BCUT2D eigenvalue weighted by molar-refractivity contribution is 7.90. The van der Waals surface area contributed by atoms with Crippen molar-refractivity contribution in [2.24, 2.45) is 0 Å². The Kier molecular flexibility index (Phi) is 5.75. The molecule has 0 saturated carbocycles. The minimum absolute atomic E-state index is 0.0532. The molecule has 21 heavy (non-hydrogen) atoms. The number of sulfone groups is 1. The maximum absolute atomic E-state index is 12.1. The zero-order chi connectivity index (χ0) is 16.3. The number of rotatable bonds is 5. The van der Waals surface area contributed by atoms with Crippen LogP contribution in [0.5, 0.6) is 0 Å². The van der Waals surface area contributed by atoms with Gasteiger partial charge in [0.1, 0.15) is 15.0 Å². The van der Waals surface area contributed by atoms with Gasteiger partial charge in [0.15, 0.2) is 0 Å². The molecule has 5 nitrogen and oxygen atoms in total. The molecular weight excluding hydrogens is 312 g/mol. The Bertz CT molecular complexity index is 622. The fourth-order valence-corrected chi connectivity index (χ4v) is 2.53. The predicted molar refractivity (Wildman–Crippen MR) is 84.6 cm³/mol. The van der Waals surface area contributed by atoms with E-state index in [1.54, 1.807) is 6.07 Å². The average Bonchev–Trinajstić information content (AvgIpc) is 2.31. The van der Waals surface area contributed by atoms with Gasteiger partial charge in [-0.1, -0.05) is 32.4 Å². The van der Waals surface area contributed by atoms with Crippen molar-refractivity contribution in [3.63, 3.8) is 0 Å². The van der Waals surface area contributed by atoms with Crippen molar-refractivity contribution in [1.82, 2.24) is 10.3 Å². The van der Waals surface area contributed by atoms with Crippen LogP contribution >= 0.6 is 11.6 Å². The van der Waals surface area contributed by atoms with Gasteiger partial charge in [-0.2, -0.15) is 0 Å². The molecule has 118 valence electrons. The van der Waals surface area contributed by atoms with E-state index >= 15 is 0 Å². The molecule has 0 fully saturated rings. The van der Waals surface area contributed by atoms with Crippen molar-refractivity contribution >= 4 is 27.3 Å². The molecule has 0 aromatic carbocycles. The van der Waals surface area contributed by atoms with E-state index in [-0.39, 0.29) is 22.2 Å². The molecule has 1 amide bonds. The first-order valence-electron chi connectivity index (χ1n) is 6.63. The van der Waals surface area contributed by atoms with E-state index < -0.39 is 9.84 Å². The molecule has 0 atom stereocenters. The third-order valence-electron chi connectivity index (χ3n) is 2.80. The van der Waals surface area contributed by atoms with Gasteiger partial charge >= 0.3 is 0 Å². The lowest BCUT2D eigenvalue weighted by atomic mass is 9.91. The lowest BCUT2D eigenvalue weighted by Gasteiger charge is -2.18. The van der Waals surface area contributed by atoms with Crippen molar-refractivity contribution in [1.29, 1.82) is 0 Å². The van der Waals surface area contributed by atoms with E-state index in [2.05, 4.69) is 10.3 Å². The van der Waals surface area contributed by atoms with E-state index in [0.717, 1.165) is 5.69 Å². The third kappa shape index (κ3) is 6.44. The third-order valence-corrected chi connectivity index (χ3v) is 4.03. The second-order valence-electron chi connectivity index (χ2n) is 6.05. The van der Waals surface area contributed by atoms with Crippen molar-refractivity contribution in [3.05, 3.63) is 28.5 Å². The first kappa shape index (κ1) is 17.9. The molecule has 0 radical (unpaired) electrons. The summed E-state index contributed by atoms with van der Waals surface area (Å²) in [5.74, 6) is -0.226. The van der Waals surface area contributed by atoms with Crippen LogP contribution in [0, 0.1) is 0 Å². The average molecular weight is 333 g/mol. The van der Waals surface area contributed by atoms with Crippen molar-refractivity contribution < 1.29 is 13.2 Å². The van der Waals surface area contributed by atoms with Crippen LogP contribution in [0.15, 0.2) is 12.1 Å². The summed E-state index contributed by atoms with van der Waals surface area (Å²) in [4.78, 5) is 16.3. The Morgan fingerprint density at radius 2 is 1.95 bits per heavy atom. The summed E-state index contributed by atoms with van der Waals surface area (Å²) in [6, 6.07) is 3.21. The lowest BCUT2D eigenvalue weighted by Crippen LogP contribution is -2.26. The van der Waals surface area contributed by atoms with Crippen LogP contribution in [0.2, 0.25) is 5.15 Å². The molecule has 0 saturated heterocycles. The molecule has 1 rings (SSSR count). The maximum atomic E-state index is 12.1. The summed E-state index contributed by atoms with van der Waals surface area (Å²) in [6.07, 6.45) is 1.56. The van der Waals surface area contributed by atoms with E-state index in [0.29, 0.717) is 18.5 Å². The van der Waals surface area contributed by atoms with Gasteiger partial charge in [-0.15, -0.1) is 0 Å². The molecule has 0 unspecified atom stereocenters. The van der Waals surface area contributed by atoms with Gasteiger partial charge in [0.2, 0.25) is 0 Å². The molecule has 0 aliphatic carbocycles. The van der Waals surface area contributed by atoms with Gasteiger partial charge in [0, 0.05) is 29.5 Å². The minimum Gasteiger partial charge on any atom is -0.352 e. The van der Waals surface area contributed by atoms with Crippen LogP contribution in [0.1, 0.15) is 43.2 Å². The van der Waals surface area contributed by atoms with Crippen molar-refractivity contribution in [2.75, 3.05) is 18.6 Å². The van der Waals surface area contributed by atoms with Crippen LogP contribution in [-0.4, -0.2) is 37.9 Å².